The molecule has 0 saturated carbocycles. The van der Waals surface area contributed by atoms with E-state index in [9.17, 15) is 0 Å². The summed E-state index contributed by atoms with van der Waals surface area (Å²) in [5, 5.41) is 8.55. The van der Waals surface area contributed by atoms with Gasteiger partial charge in [-0.25, -0.2) is 0 Å². The van der Waals surface area contributed by atoms with E-state index in [0.29, 0.717) is 0 Å². The summed E-state index contributed by atoms with van der Waals surface area (Å²) in [5.74, 6) is 0. The van der Waals surface area contributed by atoms with Crippen LogP contribution in [0.1, 0.15) is 38.8 Å². The summed E-state index contributed by atoms with van der Waals surface area (Å²) in [6.07, 6.45) is 1.05. The summed E-state index contributed by atoms with van der Waals surface area (Å²) in [6, 6.07) is 16.5. The molecule has 2 rings (SSSR count). The van der Waals surface area contributed by atoms with Crippen LogP contribution in [-0.4, -0.2) is 0 Å². The van der Waals surface area contributed by atoms with Crippen LogP contribution in [0.3, 0.4) is 0 Å². The Bertz CT molecular complexity index is 572. The fraction of sp³-hybridized carbons (Fsp3) is 0.333. The van der Waals surface area contributed by atoms with E-state index in [1.807, 2.05) is 24.3 Å². The van der Waals surface area contributed by atoms with Crippen molar-refractivity contribution in [1.82, 2.24) is 0 Å². The van der Waals surface area contributed by atoms with Crippen molar-refractivity contribution < 1.29 is 0 Å². The quantitative estimate of drug-likeness (QED) is 0.612. The molecule has 0 saturated heterocycles. The lowest BCUT2D eigenvalue weighted by Gasteiger charge is -2.18. The molecule has 0 aliphatic carbocycles. The normalized spacial score (nSPS) is 12.0. The number of hydrogen-bond acceptors (Lipinski definition) is 2. The smallest absolute Gasteiger partial charge is 0.0857 e. The zero-order chi connectivity index (χ0) is 14.6. The Morgan fingerprint density at radius 1 is 0.750 bits per heavy atom. The summed E-state index contributed by atoms with van der Waals surface area (Å²) in [7, 11) is 0. The van der Waals surface area contributed by atoms with E-state index in [1.165, 1.54) is 11.1 Å². The molecule has 0 aromatic heterocycles. The maximum Gasteiger partial charge on any atom is 0.0857 e. The molecule has 0 aliphatic heterocycles. The Balaban J connectivity index is 2.10. The van der Waals surface area contributed by atoms with Crippen molar-refractivity contribution >= 4 is 11.4 Å². The summed E-state index contributed by atoms with van der Waals surface area (Å²) in [6.45, 7) is 8.77. The van der Waals surface area contributed by atoms with E-state index >= 15 is 0 Å². The first-order valence-electron chi connectivity index (χ1n) is 7.10. The third-order valence-corrected chi connectivity index (χ3v) is 3.36. The average Bonchev–Trinajstić information content (AvgIpc) is 2.45. The third-order valence-electron chi connectivity index (χ3n) is 3.36. The number of hydrogen-bond donors (Lipinski definition) is 0. The fourth-order valence-corrected chi connectivity index (χ4v) is 1.94. The molecular weight excluding hydrogens is 244 g/mol. The Hall–Kier alpha value is -1.96. The van der Waals surface area contributed by atoms with Gasteiger partial charge in [-0.1, -0.05) is 52.0 Å². The van der Waals surface area contributed by atoms with Crippen LogP contribution in [-0.2, 0) is 11.8 Å². The molecule has 2 nitrogen and oxygen atoms in total. The third kappa shape index (κ3) is 3.77. The van der Waals surface area contributed by atoms with Gasteiger partial charge < -0.3 is 0 Å². The van der Waals surface area contributed by atoms with Gasteiger partial charge >= 0.3 is 0 Å². The molecular formula is C18H22N2. The number of nitrogens with zero attached hydrogens (tertiary/aromatic N) is 2. The van der Waals surface area contributed by atoms with Gasteiger partial charge in [0.05, 0.1) is 11.4 Å². The largest absolute Gasteiger partial charge is 0.151 e. The minimum Gasteiger partial charge on any atom is -0.151 e. The average molecular weight is 266 g/mol. The molecule has 20 heavy (non-hydrogen) atoms. The number of aryl methyl sites for hydroxylation is 1. The van der Waals surface area contributed by atoms with Gasteiger partial charge in [-0.3, -0.25) is 0 Å². The first-order chi connectivity index (χ1) is 9.49. The van der Waals surface area contributed by atoms with E-state index in [1.54, 1.807) is 0 Å². The van der Waals surface area contributed by atoms with Crippen molar-refractivity contribution in [2.75, 3.05) is 0 Å². The minimum absolute atomic E-state index is 0.172. The molecule has 0 bridgehead atoms. The molecule has 0 amide bonds. The maximum absolute atomic E-state index is 4.28. The molecule has 104 valence electrons. The highest BCUT2D eigenvalue weighted by Crippen LogP contribution is 2.25. The molecule has 0 radical (unpaired) electrons. The van der Waals surface area contributed by atoms with E-state index in [0.717, 1.165) is 17.8 Å². The lowest BCUT2D eigenvalue weighted by atomic mass is 9.87. The van der Waals surface area contributed by atoms with Crippen LogP contribution in [0, 0.1) is 0 Å². The standard InChI is InChI=1S/C18H22N2/c1-5-14-6-10-16(11-7-14)19-20-17-12-8-15(9-13-17)18(2,3)4/h6-13H,5H2,1-4H3/b20-19+. The summed E-state index contributed by atoms with van der Waals surface area (Å²) in [4.78, 5) is 0. The SMILES string of the molecule is CCc1ccc(/N=N/c2ccc(C(C)(C)C)cc2)cc1. The number of benzene rings is 2. The molecule has 2 heteroatoms. The molecule has 0 fully saturated rings. The van der Waals surface area contributed by atoms with Gasteiger partial charge in [0.2, 0.25) is 0 Å². The van der Waals surface area contributed by atoms with Gasteiger partial charge in [0.1, 0.15) is 0 Å². The minimum atomic E-state index is 0.172. The molecule has 2 aromatic carbocycles. The van der Waals surface area contributed by atoms with Crippen molar-refractivity contribution in [3.8, 4) is 0 Å². The van der Waals surface area contributed by atoms with Crippen LogP contribution in [0.15, 0.2) is 58.8 Å². The van der Waals surface area contributed by atoms with Crippen molar-refractivity contribution in [1.29, 1.82) is 0 Å². The lowest BCUT2D eigenvalue weighted by Crippen LogP contribution is -2.10. The highest BCUT2D eigenvalue weighted by molar-refractivity contribution is 5.42. The Labute approximate surface area is 121 Å². The van der Waals surface area contributed by atoms with Crippen LogP contribution in [0.5, 0.6) is 0 Å². The predicted octanol–water partition coefficient (Wildman–Crippen LogP) is 5.96. The van der Waals surface area contributed by atoms with Gasteiger partial charge in [0.25, 0.3) is 0 Å². The number of rotatable bonds is 3. The molecule has 0 N–H and O–H groups in total. The van der Waals surface area contributed by atoms with E-state index < -0.39 is 0 Å². The van der Waals surface area contributed by atoms with Gasteiger partial charge in [0.15, 0.2) is 0 Å². The first-order valence-corrected chi connectivity index (χ1v) is 7.10. The lowest BCUT2D eigenvalue weighted by molar-refractivity contribution is 0.590. The van der Waals surface area contributed by atoms with E-state index in [4.69, 9.17) is 0 Å². The van der Waals surface area contributed by atoms with Gasteiger partial charge in [-0.05, 0) is 47.2 Å². The van der Waals surface area contributed by atoms with Crippen LogP contribution in [0.4, 0.5) is 11.4 Å². The van der Waals surface area contributed by atoms with Gasteiger partial charge in [0, 0.05) is 0 Å². The van der Waals surface area contributed by atoms with E-state index in [-0.39, 0.29) is 5.41 Å². The second-order valence-corrected chi connectivity index (χ2v) is 6.02. The highest BCUT2D eigenvalue weighted by Gasteiger charge is 2.12. The van der Waals surface area contributed by atoms with E-state index in [2.05, 4.69) is 62.2 Å². The summed E-state index contributed by atoms with van der Waals surface area (Å²) < 4.78 is 0. The molecule has 2 aromatic rings. The van der Waals surface area contributed by atoms with Crippen LogP contribution < -0.4 is 0 Å². The Kier molecular flexibility index (Phi) is 4.33. The van der Waals surface area contributed by atoms with Crippen molar-refractivity contribution in [3.05, 3.63) is 59.7 Å². The van der Waals surface area contributed by atoms with Crippen molar-refractivity contribution in [2.45, 2.75) is 39.5 Å². The molecule has 0 heterocycles. The van der Waals surface area contributed by atoms with Crippen molar-refractivity contribution in [2.24, 2.45) is 10.2 Å². The van der Waals surface area contributed by atoms with Crippen LogP contribution in [0.25, 0.3) is 0 Å². The summed E-state index contributed by atoms with van der Waals surface area (Å²) in [5.41, 5.74) is 4.58. The second-order valence-electron chi connectivity index (χ2n) is 6.02. The van der Waals surface area contributed by atoms with Crippen LogP contribution in [0.2, 0.25) is 0 Å². The second kappa shape index (κ2) is 6.00. The highest BCUT2D eigenvalue weighted by atomic mass is 15.1. The van der Waals surface area contributed by atoms with Crippen LogP contribution >= 0.6 is 0 Å². The van der Waals surface area contributed by atoms with Gasteiger partial charge in [-0.2, -0.15) is 10.2 Å². The Morgan fingerprint density at radius 2 is 1.20 bits per heavy atom. The first kappa shape index (κ1) is 14.4. The molecule has 0 unspecified atom stereocenters. The topological polar surface area (TPSA) is 24.7 Å². The molecule has 0 aliphatic rings. The summed E-state index contributed by atoms with van der Waals surface area (Å²) >= 11 is 0. The molecule has 0 spiro atoms. The molecule has 0 atom stereocenters. The van der Waals surface area contributed by atoms with Crippen molar-refractivity contribution in [3.63, 3.8) is 0 Å². The fourth-order valence-electron chi connectivity index (χ4n) is 1.94. The monoisotopic (exact) mass is 266 g/mol. The zero-order valence-corrected chi connectivity index (χ0v) is 12.7. The number of azo groups is 1. The zero-order valence-electron chi connectivity index (χ0n) is 12.7. The van der Waals surface area contributed by atoms with Gasteiger partial charge in [-0.15, -0.1) is 0 Å². The maximum atomic E-state index is 4.28. The Morgan fingerprint density at radius 3 is 1.60 bits per heavy atom. The predicted molar refractivity (Wildman–Crippen MR) is 85.1 cm³/mol.